The summed E-state index contributed by atoms with van der Waals surface area (Å²) in [5, 5.41) is 0. The third-order valence-electron chi connectivity index (χ3n) is 3.62. The first-order valence-corrected chi connectivity index (χ1v) is 9.04. The highest BCUT2D eigenvalue weighted by Crippen LogP contribution is 2.24. The third-order valence-corrected chi connectivity index (χ3v) is 3.62. The molecule has 2 rings (SSSR count). The van der Waals surface area contributed by atoms with Crippen LogP contribution >= 0.6 is 0 Å². The molecular weight excluding hydrogens is 384 g/mol. The molecule has 6 heteroatoms. The Morgan fingerprint density at radius 2 is 1.03 bits per heavy atom. The van der Waals surface area contributed by atoms with Gasteiger partial charge in [-0.2, -0.15) is 0 Å². The lowest BCUT2D eigenvalue weighted by Crippen LogP contribution is -1.99. The molecular formula is C24H22O6. The van der Waals surface area contributed by atoms with Crippen LogP contribution in [-0.4, -0.2) is 25.2 Å². The Balaban J connectivity index is 1.82. The van der Waals surface area contributed by atoms with Crippen molar-refractivity contribution in [2.75, 3.05) is 13.2 Å². The molecule has 0 aromatic heterocycles. The lowest BCUT2D eigenvalue weighted by Gasteiger charge is -2.06. The van der Waals surface area contributed by atoms with Crippen molar-refractivity contribution in [3.63, 3.8) is 0 Å². The van der Waals surface area contributed by atoms with Crippen LogP contribution in [0.4, 0.5) is 0 Å². The van der Waals surface area contributed by atoms with Crippen molar-refractivity contribution in [2.45, 2.75) is 0 Å². The molecule has 154 valence electrons. The van der Waals surface area contributed by atoms with Gasteiger partial charge in [0.2, 0.25) is 0 Å². The summed E-state index contributed by atoms with van der Waals surface area (Å²) in [6, 6.07) is 15.1. The highest BCUT2D eigenvalue weighted by molar-refractivity contribution is 5.81. The van der Waals surface area contributed by atoms with Crippen molar-refractivity contribution in [3.8, 4) is 22.6 Å². The van der Waals surface area contributed by atoms with E-state index in [1.54, 1.807) is 12.2 Å². The maximum atomic E-state index is 10.9. The molecule has 2 aromatic carbocycles. The van der Waals surface area contributed by atoms with Crippen LogP contribution in [0.25, 0.3) is 11.1 Å². The number of hydrogen-bond acceptors (Lipinski definition) is 6. The molecule has 0 aliphatic heterocycles. The fourth-order valence-electron chi connectivity index (χ4n) is 2.16. The van der Waals surface area contributed by atoms with Gasteiger partial charge in [0.25, 0.3) is 0 Å². The molecule has 6 nitrogen and oxygen atoms in total. The lowest BCUT2D eigenvalue weighted by atomic mass is 10.1. The second-order valence-corrected chi connectivity index (χ2v) is 5.70. The smallest absolute Gasteiger partial charge is 0.330 e. The van der Waals surface area contributed by atoms with Crippen molar-refractivity contribution in [1.29, 1.82) is 0 Å². The summed E-state index contributed by atoms with van der Waals surface area (Å²) in [5.74, 6) is 0.357. The minimum Gasteiger partial charge on any atom is -0.465 e. The molecule has 0 atom stereocenters. The van der Waals surface area contributed by atoms with E-state index in [1.807, 2.05) is 48.5 Å². The summed E-state index contributed by atoms with van der Waals surface area (Å²) in [7, 11) is 0. The monoisotopic (exact) mass is 406 g/mol. The molecule has 2 aromatic rings. The molecule has 0 heterocycles. The van der Waals surface area contributed by atoms with Crippen molar-refractivity contribution in [1.82, 2.24) is 0 Å². The average molecular weight is 406 g/mol. The second-order valence-electron chi connectivity index (χ2n) is 5.70. The summed E-state index contributed by atoms with van der Waals surface area (Å²) in [5.41, 5.74) is 2.04. The van der Waals surface area contributed by atoms with Gasteiger partial charge in [-0.15, -0.1) is 0 Å². The lowest BCUT2D eigenvalue weighted by molar-refractivity contribution is -0.137. The minimum atomic E-state index is -0.481. The molecule has 0 bridgehead atoms. The van der Waals surface area contributed by atoms with Crippen LogP contribution in [0.1, 0.15) is 0 Å². The average Bonchev–Trinajstić information content (AvgIpc) is 2.79. The predicted molar refractivity (Wildman–Crippen MR) is 114 cm³/mol. The van der Waals surface area contributed by atoms with Crippen LogP contribution in [0.2, 0.25) is 0 Å². The zero-order chi connectivity index (χ0) is 21.6. The predicted octanol–water partition coefficient (Wildman–Crippen LogP) is 4.60. The topological polar surface area (TPSA) is 71.1 Å². The van der Waals surface area contributed by atoms with Crippen LogP contribution in [0, 0.1) is 0 Å². The first-order chi connectivity index (χ1) is 14.6. The number of hydrogen-bond donors (Lipinski definition) is 0. The number of ether oxygens (including phenoxy) is 4. The molecule has 30 heavy (non-hydrogen) atoms. The molecule has 0 aliphatic rings. The van der Waals surface area contributed by atoms with Gasteiger partial charge in [-0.1, -0.05) is 37.4 Å². The number of carbonyl (C=O) groups excluding carboxylic acids is 2. The quantitative estimate of drug-likeness (QED) is 0.309. The number of benzene rings is 2. The summed E-state index contributed by atoms with van der Waals surface area (Å²) < 4.78 is 20.5. The normalized spacial score (nSPS) is 10.5. The van der Waals surface area contributed by atoms with Gasteiger partial charge < -0.3 is 18.9 Å². The van der Waals surface area contributed by atoms with E-state index >= 15 is 0 Å². The Labute approximate surface area is 175 Å². The Kier molecular flexibility index (Phi) is 9.20. The summed E-state index contributed by atoms with van der Waals surface area (Å²) in [6.45, 7) is 6.87. The van der Waals surface area contributed by atoms with Gasteiger partial charge in [-0.05, 0) is 47.5 Å². The summed E-state index contributed by atoms with van der Waals surface area (Å²) in [4.78, 5) is 21.8. The Bertz CT molecular complexity index is 830. The van der Waals surface area contributed by atoms with Gasteiger partial charge in [-0.3, -0.25) is 0 Å². The Hall–Kier alpha value is -4.06. The van der Waals surface area contributed by atoms with Crippen LogP contribution in [0.15, 0.2) is 98.5 Å². The molecule has 0 unspecified atom stereocenters. The Morgan fingerprint density at radius 1 is 0.667 bits per heavy atom. The van der Waals surface area contributed by atoms with E-state index in [0.29, 0.717) is 11.5 Å². The van der Waals surface area contributed by atoms with Gasteiger partial charge in [0.05, 0.1) is 12.5 Å². The van der Waals surface area contributed by atoms with E-state index in [2.05, 4.69) is 13.2 Å². The molecule has 0 N–H and O–H groups in total. The number of carbonyl (C=O) groups is 2. The van der Waals surface area contributed by atoms with Gasteiger partial charge in [0, 0.05) is 12.2 Å². The molecule has 0 amide bonds. The first-order valence-electron chi connectivity index (χ1n) is 9.04. The highest BCUT2D eigenvalue weighted by atomic mass is 16.5. The Morgan fingerprint density at radius 3 is 1.37 bits per heavy atom. The summed E-state index contributed by atoms with van der Waals surface area (Å²) >= 11 is 0. The van der Waals surface area contributed by atoms with Crippen molar-refractivity contribution >= 4 is 11.9 Å². The fourth-order valence-corrected chi connectivity index (χ4v) is 2.16. The van der Waals surface area contributed by atoms with E-state index < -0.39 is 11.9 Å². The van der Waals surface area contributed by atoms with Gasteiger partial charge >= 0.3 is 11.9 Å². The van der Waals surface area contributed by atoms with E-state index in [1.165, 1.54) is 12.5 Å². The van der Waals surface area contributed by atoms with E-state index in [9.17, 15) is 9.59 Å². The van der Waals surface area contributed by atoms with E-state index in [4.69, 9.17) is 18.9 Å². The van der Waals surface area contributed by atoms with Gasteiger partial charge in [0.1, 0.15) is 24.7 Å². The highest BCUT2D eigenvalue weighted by Gasteiger charge is 2.00. The standard InChI is InChI=1S/C24H22O6/c1-3-23(25)29-17-5-15-27-21-11-7-19(8-12-21)20-9-13-22(14-10-20)28-16-6-18-30-24(26)4-2/h3-16H,1-2,17-18H2/b15-5+,16-6+. The maximum Gasteiger partial charge on any atom is 0.330 e. The van der Waals surface area contributed by atoms with Crippen LogP contribution in [0.3, 0.4) is 0 Å². The van der Waals surface area contributed by atoms with Gasteiger partial charge in [-0.25, -0.2) is 9.59 Å². The zero-order valence-corrected chi connectivity index (χ0v) is 16.4. The van der Waals surface area contributed by atoms with Crippen molar-refractivity contribution in [3.05, 3.63) is 98.5 Å². The minimum absolute atomic E-state index is 0.118. The summed E-state index contributed by atoms with van der Waals surface area (Å²) in [6.07, 6.45) is 8.31. The first kappa shape index (κ1) is 22.2. The van der Waals surface area contributed by atoms with Crippen LogP contribution < -0.4 is 9.47 Å². The fraction of sp³-hybridized carbons (Fsp3) is 0.0833. The SMILES string of the molecule is C=CC(=O)OC/C=C/Oc1ccc(-c2ccc(O/C=C/COC(=O)C=C)cc2)cc1. The zero-order valence-electron chi connectivity index (χ0n) is 16.4. The third kappa shape index (κ3) is 7.90. The molecule has 0 radical (unpaired) electrons. The molecule has 0 aliphatic carbocycles. The van der Waals surface area contributed by atoms with Crippen LogP contribution in [-0.2, 0) is 19.1 Å². The largest absolute Gasteiger partial charge is 0.465 e. The number of esters is 2. The van der Waals surface area contributed by atoms with Crippen molar-refractivity contribution < 1.29 is 28.5 Å². The molecule has 0 spiro atoms. The van der Waals surface area contributed by atoms with Gasteiger partial charge in [0.15, 0.2) is 0 Å². The molecule has 0 saturated heterocycles. The van der Waals surface area contributed by atoms with E-state index in [-0.39, 0.29) is 13.2 Å². The van der Waals surface area contributed by atoms with Crippen LogP contribution in [0.5, 0.6) is 11.5 Å². The second kappa shape index (κ2) is 12.4. The van der Waals surface area contributed by atoms with E-state index in [0.717, 1.165) is 23.3 Å². The maximum absolute atomic E-state index is 10.9. The molecule has 0 saturated carbocycles. The van der Waals surface area contributed by atoms with Crippen molar-refractivity contribution in [2.24, 2.45) is 0 Å². The number of rotatable bonds is 11. The molecule has 0 fully saturated rings.